The number of hydrogen-bond acceptors (Lipinski definition) is 6. The van der Waals surface area contributed by atoms with Gasteiger partial charge in [0, 0.05) is 18.4 Å². The molecule has 172 valence electrons. The van der Waals surface area contributed by atoms with Gasteiger partial charge in [0.1, 0.15) is 5.15 Å². The van der Waals surface area contributed by atoms with Gasteiger partial charge in [-0.2, -0.15) is 5.10 Å². The van der Waals surface area contributed by atoms with Gasteiger partial charge in [-0.15, -0.1) is 0 Å². The molecule has 4 N–H and O–H groups in total. The number of nitrogens with two attached hydrogens (primary N) is 1. The molecule has 11 heteroatoms. The molecule has 2 atom stereocenters. The molecule has 0 saturated carbocycles. The van der Waals surface area contributed by atoms with Gasteiger partial charge >= 0.3 is 6.03 Å². The topological polar surface area (TPSA) is 125 Å². The maximum atomic E-state index is 14.1. The number of aliphatic hydroxyl groups is 1. The van der Waals surface area contributed by atoms with Crippen LogP contribution in [0.3, 0.4) is 0 Å². The molecular weight excluding hydrogens is 441 g/mol. The minimum atomic E-state index is -0.897. The van der Waals surface area contributed by atoms with Gasteiger partial charge < -0.3 is 25.6 Å². The largest absolute Gasteiger partial charge is 0.494 e. The Balaban J connectivity index is 1.66. The fourth-order valence-corrected chi connectivity index (χ4v) is 3.66. The van der Waals surface area contributed by atoms with Crippen molar-refractivity contribution < 1.29 is 23.8 Å². The van der Waals surface area contributed by atoms with E-state index in [-0.39, 0.29) is 25.4 Å². The Morgan fingerprint density at radius 1 is 1.38 bits per heavy atom. The van der Waals surface area contributed by atoms with Crippen molar-refractivity contribution >= 4 is 28.5 Å². The number of fused-ring (bicyclic) bond motifs is 1. The van der Waals surface area contributed by atoms with Crippen LogP contribution in [0.25, 0.3) is 10.9 Å². The van der Waals surface area contributed by atoms with Gasteiger partial charge in [-0.05, 0) is 30.7 Å². The molecule has 0 saturated heterocycles. The number of carbonyl (C=O) groups is 1. The number of methoxy groups -OCH3 is 1. The number of aryl methyl sites for hydroxylation is 1. The van der Waals surface area contributed by atoms with Gasteiger partial charge in [0.2, 0.25) is 0 Å². The Bertz CT molecular complexity index is 1090. The van der Waals surface area contributed by atoms with Crippen molar-refractivity contribution in [3.8, 4) is 5.75 Å². The standard InChI is InChI=1S/C21H25ClFN5O4/c1-3-28-20-13(9-25-28)7-19(22)26-16(20)8-14(29)10-32-11-17(27-21(24)30)12-4-5-18(31-2)15(23)6-12/h4-7,9,14,17,29H,3,8,10-11H2,1-2H3,(H3,24,27,30). The second kappa shape index (κ2) is 10.6. The molecule has 32 heavy (non-hydrogen) atoms. The third-order valence-corrected chi connectivity index (χ3v) is 5.07. The summed E-state index contributed by atoms with van der Waals surface area (Å²) in [6.07, 6.45) is 0.993. The van der Waals surface area contributed by atoms with Gasteiger partial charge in [-0.1, -0.05) is 17.7 Å². The lowest BCUT2D eigenvalue weighted by Crippen LogP contribution is -2.36. The van der Waals surface area contributed by atoms with Crippen LogP contribution in [-0.4, -0.2) is 52.3 Å². The summed E-state index contributed by atoms with van der Waals surface area (Å²) in [6, 6.07) is 4.50. The molecule has 0 fully saturated rings. The molecule has 2 aromatic heterocycles. The van der Waals surface area contributed by atoms with E-state index in [1.54, 1.807) is 23.0 Å². The molecule has 2 heterocycles. The molecule has 0 aliphatic rings. The lowest BCUT2D eigenvalue weighted by molar-refractivity contribution is 0.0283. The number of primary amides is 1. The van der Waals surface area contributed by atoms with Gasteiger partial charge in [0.25, 0.3) is 0 Å². The predicted molar refractivity (Wildman–Crippen MR) is 117 cm³/mol. The van der Waals surface area contributed by atoms with Gasteiger partial charge in [-0.3, -0.25) is 4.68 Å². The maximum Gasteiger partial charge on any atom is 0.312 e. The normalized spacial score (nSPS) is 13.2. The Morgan fingerprint density at radius 3 is 2.81 bits per heavy atom. The Kier molecular flexibility index (Phi) is 7.84. The number of carbonyl (C=O) groups excluding carboxylic acids is 1. The fraction of sp³-hybridized carbons (Fsp3) is 0.381. The highest BCUT2D eigenvalue weighted by Gasteiger charge is 2.19. The number of hydrogen-bond donors (Lipinski definition) is 3. The molecule has 0 bridgehead atoms. The number of benzene rings is 1. The summed E-state index contributed by atoms with van der Waals surface area (Å²) in [7, 11) is 1.36. The number of pyridine rings is 1. The summed E-state index contributed by atoms with van der Waals surface area (Å²) in [5.74, 6) is -0.500. The van der Waals surface area contributed by atoms with E-state index in [2.05, 4.69) is 15.4 Å². The molecule has 2 unspecified atom stereocenters. The highest BCUT2D eigenvalue weighted by atomic mass is 35.5. The monoisotopic (exact) mass is 465 g/mol. The second-order valence-corrected chi connectivity index (χ2v) is 7.53. The van der Waals surface area contributed by atoms with Crippen LogP contribution in [0.15, 0.2) is 30.5 Å². The van der Waals surface area contributed by atoms with E-state index < -0.39 is 24.0 Å². The molecule has 0 spiro atoms. The van der Waals surface area contributed by atoms with Gasteiger partial charge in [0.15, 0.2) is 11.6 Å². The highest BCUT2D eigenvalue weighted by Crippen LogP contribution is 2.24. The summed E-state index contributed by atoms with van der Waals surface area (Å²) in [6.45, 7) is 2.52. The fourth-order valence-electron chi connectivity index (χ4n) is 3.44. The highest BCUT2D eigenvalue weighted by molar-refractivity contribution is 6.30. The third kappa shape index (κ3) is 5.64. The maximum absolute atomic E-state index is 14.1. The first kappa shape index (κ1) is 23.7. The zero-order valence-electron chi connectivity index (χ0n) is 17.7. The second-order valence-electron chi connectivity index (χ2n) is 7.14. The first-order chi connectivity index (χ1) is 15.3. The Hall–Kier alpha value is -2.95. The SMILES string of the molecule is CCn1ncc2cc(Cl)nc(CC(O)COCC(NC(N)=O)c3ccc(OC)c(F)c3)c21. The van der Waals surface area contributed by atoms with Crippen molar-refractivity contribution in [1.82, 2.24) is 20.1 Å². The Labute approximate surface area is 189 Å². The van der Waals surface area contributed by atoms with Crippen molar-refractivity contribution in [1.29, 1.82) is 0 Å². The number of aromatic nitrogens is 3. The van der Waals surface area contributed by atoms with Crippen LogP contribution >= 0.6 is 11.6 Å². The molecule has 0 aliphatic carbocycles. The summed E-state index contributed by atoms with van der Waals surface area (Å²) in [5.41, 5.74) is 7.09. The quantitative estimate of drug-likeness (QED) is 0.395. The van der Waals surface area contributed by atoms with E-state index in [0.717, 1.165) is 10.9 Å². The van der Waals surface area contributed by atoms with Crippen LogP contribution in [0.1, 0.15) is 24.2 Å². The summed E-state index contributed by atoms with van der Waals surface area (Å²) in [5, 5.41) is 18.5. The number of urea groups is 1. The minimum Gasteiger partial charge on any atom is -0.494 e. The predicted octanol–water partition coefficient (Wildman–Crippen LogP) is 2.58. The van der Waals surface area contributed by atoms with Crippen LogP contribution in [-0.2, 0) is 17.7 Å². The van der Waals surface area contributed by atoms with E-state index in [1.165, 1.54) is 19.2 Å². The van der Waals surface area contributed by atoms with Gasteiger partial charge in [-0.25, -0.2) is 14.2 Å². The first-order valence-corrected chi connectivity index (χ1v) is 10.4. The average molecular weight is 466 g/mol. The van der Waals surface area contributed by atoms with Crippen LogP contribution in [0.4, 0.5) is 9.18 Å². The number of halogens is 2. The van der Waals surface area contributed by atoms with Crippen LogP contribution in [0.5, 0.6) is 5.75 Å². The molecule has 2 amide bonds. The number of rotatable bonds is 10. The number of amides is 2. The molecule has 1 aromatic carbocycles. The lowest BCUT2D eigenvalue weighted by Gasteiger charge is -2.20. The van der Waals surface area contributed by atoms with Crippen LogP contribution in [0, 0.1) is 5.82 Å². The lowest BCUT2D eigenvalue weighted by atomic mass is 10.1. The first-order valence-electron chi connectivity index (χ1n) is 9.98. The molecule has 3 aromatic rings. The van der Waals surface area contributed by atoms with E-state index in [4.69, 9.17) is 26.8 Å². The van der Waals surface area contributed by atoms with E-state index in [1.807, 2.05) is 6.92 Å². The average Bonchev–Trinajstić information content (AvgIpc) is 3.15. The number of ether oxygens (including phenoxy) is 2. The number of nitrogens with one attached hydrogen (secondary N) is 1. The van der Waals surface area contributed by atoms with Crippen molar-refractivity contribution in [3.63, 3.8) is 0 Å². The van der Waals surface area contributed by atoms with E-state index in [9.17, 15) is 14.3 Å². The smallest absolute Gasteiger partial charge is 0.312 e. The van der Waals surface area contributed by atoms with Crippen molar-refractivity contribution in [3.05, 3.63) is 52.7 Å². The zero-order valence-corrected chi connectivity index (χ0v) is 18.5. The molecule has 3 rings (SSSR count). The van der Waals surface area contributed by atoms with Crippen LogP contribution in [0.2, 0.25) is 5.15 Å². The third-order valence-electron chi connectivity index (χ3n) is 4.88. The molecule has 0 radical (unpaired) electrons. The Morgan fingerprint density at radius 2 is 2.16 bits per heavy atom. The minimum absolute atomic E-state index is 0.0307. The summed E-state index contributed by atoms with van der Waals surface area (Å²) in [4.78, 5) is 15.7. The van der Waals surface area contributed by atoms with Crippen LogP contribution < -0.4 is 15.8 Å². The molecule has 0 aliphatic heterocycles. The molecule has 9 nitrogen and oxygen atoms in total. The van der Waals surface area contributed by atoms with E-state index in [0.29, 0.717) is 23.0 Å². The number of nitrogens with zero attached hydrogens (tertiary/aromatic N) is 3. The van der Waals surface area contributed by atoms with Crippen molar-refractivity contribution in [2.24, 2.45) is 5.73 Å². The summed E-state index contributed by atoms with van der Waals surface area (Å²) < 4.78 is 26.4. The molecular formula is C21H25ClFN5O4. The summed E-state index contributed by atoms with van der Waals surface area (Å²) >= 11 is 6.10. The van der Waals surface area contributed by atoms with E-state index >= 15 is 0 Å². The van der Waals surface area contributed by atoms with Crippen molar-refractivity contribution in [2.75, 3.05) is 20.3 Å². The van der Waals surface area contributed by atoms with Crippen molar-refractivity contribution in [2.45, 2.75) is 32.0 Å². The number of aliphatic hydroxyl groups excluding tert-OH is 1. The van der Waals surface area contributed by atoms with Gasteiger partial charge in [0.05, 0.1) is 49.9 Å². The zero-order chi connectivity index (χ0) is 23.3.